The Kier molecular flexibility index (Phi) is 5.69. The average molecular weight is 297 g/mol. The Hall–Kier alpha value is -1.71. The molecule has 118 valence electrons. The fourth-order valence-corrected chi connectivity index (χ4v) is 3.23. The number of hydrogen-bond donors (Lipinski definition) is 1. The molecule has 2 N–H and O–H groups in total. The van der Waals surface area contributed by atoms with Crippen LogP contribution in [0.2, 0.25) is 0 Å². The molecule has 0 aliphatic carbocycles. The minimum Gasteiger partial charge on any atom is -0.329 e. The Morgan fingerprint density at radius 1 is 1.14 bits per heavy atom. The quantitative estimate of drug-likeness (QED) is 0.890. The van der Waals surface area contributed by atoms with Gasteiger partial charge in [0.05, 0.1) is 0 Å². The van der Waals surface area contributed by atoms with E-state index in [1.54, 1.807) is 0 Å². The van der Waals surface area contributed by atoms with Gasteiger partial charge >= 0.3 is 0 Å². The molecule has 2 aromatic rings. The zero-order chi connectivity index (χ0) is 16.1. The van der Waals surface area contributed by atoms with Crippen molar-refractivity contribution in [3.8, 4) is 0 Å². The van der Waals surface area contributed by atoms with Crippen LogP contribution in [-0.4, -0.2) is 30.0 Å². The summed E-state index contributed by atoms with van der Waals surface area (Å²) in [5.74, 6) is 0. The van der Waals surface area contributed by atoms with Gasteiger partial charge in [-0.2, -0.15) is 0 Å². The molecule has 0 radical (unpaired) electrons. The van der Waals surface area contributed by atoms with Crippen molar-refractivity contribution in [3.05, 3.63) is 64.5 Å². The van der Waals surface area contributed by atoms with Crippen LogP contribution in [0.5, 0.6) is 0 Å². The Morgan fingerprint density at radius 3 is 2.36 bits per heavy atom. The van der Waals surface area contributed by atoms with Crippen molar-refractivity contribution in [2.75, 3.05) is 20.1 Å². The lowest BCUT2D eigenvalue weighted by Crippen LogP contribution is -2.33. The fraction of sp³-hybridized carbons (Fsp3) is 0.421. The first-order valence-electron chi connectivity index (χ1n) is 7.91. The first-order valence-corrected chi connectivity index (χ1v) is 7.91. The Balaban J connectivity index is 2.14. The maximum Gasteiger partial charge on any atom is 0.0472 e. The second-order valence-corrected chi connectivity index (χ2v) is 6.12. The lowest BCUT2D eigenvalue weighted by atomic mass is 9.93. The molecule has 0 saturated heterocycles. The highest BCUT2D eigenvalue weighted by atomic mass is 15.1. The molecule has 0 aliphatic heterocycles. The molecule has 0 fully saturated rings. The van der Waals surface area contributed by atoms with Gasteiger partial charge < -0.3 is 5.73 Å². The molecule has 2 rings (SSSR count). The minimum absolute atomic E-state index is 0.254. The maximum atomic E-state index is 6.09. The van der Waals surface area contributed by atoms with Gasteiger partial charge in [-0.15, -0.1) is 0 Å². The second-order valence-electron chi connectivity index (χ2n) is 6.12. The van der Waals surface area contributed by atoms with E-state index >= 15 is 0 Å². The van der Waals surface area contributed by atoms with Gasteiger partial charge in [0.2, 0.25) is 0 Å². The Morgan fingerprint density at radius 2 is 1.82 bits per heavy atom. The van der Waals surface area contributed by atoms with E-state index < -0.39 is 0 Å². The monoisotopic (exact) mass is 297 g/mol. The highest BCUT2D eigenvalue weighted by Crippen LogP contribution is 2.26. The molecule has 0 spiro atoms. The molecular formula is C19H27N3. The predicted octanol–water partition coefficient (Wildman–Crippen LogP) is 3.18. The summed E-state index contributed by atoms with van der Waals surface area (Å²) in [6.07, 6.45) is 2.79. The second kappa shape index (κ2) is 7.52. The van der Waals surface area contributed by atoms with Gasteiger partial charge in [0.15, 0.2) is 0 Å². The van der Waals surface area contributed by atoms with Gasteiger partial charge in [-0.25, -0.2) is 0 Å². The first kappa shape index (κ1) is 16.7. The van der Waals surface area contributed by atoms with Gasteiger partial charge in [0, 0.05) is 37.4 Å². The van der Waals surface area contributed by atoms with Crippen molar-refractivity contribution in [3.63, 3.8) is 0 Å². The number of pyridine rings is 1. The van der Waals surface area contributed by atoms with Crippen LogP contribution in [0.1, 0.15) is 34.0 Å². The number of aromatic nitrogens is 1. The first-order chi connectivity index (χ1) is 10.5. The van der Waals surface area contributed by atoms with Crippen molar-refractivity contribution < 1.29 is 0 Å². The van der Waals surface area contributed by atoms with E-state index in [9.17, 15) is 0 Å². The summed E-state index contributed by atoms with van der Waals surface area (Å²) < 4.78 is 0. The number of likely N-dealkylation sites (N-methyl/N-ethyl adjacent to an activating group) is 1. The van der Waals surface area contributed by atoms with Crippen LogP contribution in [0.15, 0.2) is 36.5 Å². The van der Waals surface area contributed by atoms with Crippen LogP contribution in [0, 0.1) is 20.8 Å². The summed E-state index contributed by atoms with van der Waals surface area (Å²) in [5, 5.41) is 0. The van der Waals surface area contributed by atoms with Crippen LogP contribution in [-0.2, 0) is 6.42 Å². The number of nitrogens with zero attached hydrogens (tertiary/aromatic N) is 2. The normalized spacial score (nSPS) is 12.6. The van der Waals surface area contributed by atoms with Crippen molar-refractivity contribution in [1.29, 1.82) is 0 Å². The Bertz CT molecular complexity index is 584. The number of hydrogen-bond acceptors (Lipinski definition) is 3. The molecule has 22 heavy (non-hydrogen) atoms. The summed E-state index contributed by atoms with van der Waals surface area (Å²) >= 11 is 0. The van der Waals surface area contributed by atoms with Crippen molar-refractivity contribution in [2.24, 2.45) is 5.73 Å². The smallest absolute Gasteiger partial charge is 0.0472 e. The topological polar surface area (TPSA) is 42.1 Å². The van der Waals surface area contributed by atoms with Gasteiger partial charge in [0.25, 0.3) is 0 Å². The van der Waals surface area contributed by atoms with Crippen LogP contribution >= 0.6 is 0 Å². The van der Waals surface area contributed by atoms with Gasteiger partial charge in [0.1, 0.15) is 0 Å². The summed E-state index contributed by atoms with van der Waals surface area (Å²) in [6.45, 7) is 8.09. The fourth-order valence-electron chi connectivity index (χ4n) is 3.23. The third kappa shape index (κ3) is 3.93. The van der Waals surface area contributed by atoms with E-state index in [0.29, 0.717) is 6.54 Å². The Labute approximate surface area is 134 Å². The zero-order valence-corrected chi connectivity index (χ0v) is 14.1. The van der Waals surface area contributed by atoms with E-state index in [1.807, 2.05) is 18.3 Å². The van der Waals surface area contributed by atoms with E-state index in [0.717, 1.165) is 18.7 Å². The zero-order valence-electron chi connectivity index (χ0n) is 14.1. The standard InChI is InChI=1S/C19H27N3/c1-14-11-15(2)19(16(3)12-14)18(13-20)22(4)10-8-17-7-5-6-9-21-17/h5-7,9,11-12,18H,8,10,13,20H2,1-4H3. The van der Waals surface area contributed by atoms with Crippen LogP contribution in [0.3, 0.4) is 0 Å². The lowest BCUT2D eigenvalue weighted by Gasteiger charge is -2.30. The molecule has 1 aromatic heterocycles. The third-order valence-corrected chi connectivity index (χ3v) is 4.27. The molecule has 0 amide bonds. The number of benzene rings is 1. The molecule has 3 nitrogen and oxygen atoms in total. The van der Waals surface area contributed by atoms with E-state index in [2.05, 4.69) is 55.9 Å². The molecule has 0 bridgehead atoms. The largest absolute Gasteiger partial charge is 0.329 e. The van der Waals surface area contributed by atoms with Crippen molar-refractivity contribution in [2.45, 2.75) is 33.2 Å². The molecular weight excluding hydrogens is 270 g/mol. The van der Waals surface area contributed by atoms with Crippen LogP contribution < -0.4 is 5.73 Å². The van der Waals surface area contributed by atoms with Crippen LogP contribution in [0.25, 0.3) is 0 Å². The van der Waals surface area contributed by atoms with Crippen molar-refractivity contribution in [1.82, 2.24) is 9.88 Å². The summed E-state index contributed by atoms with van der Waals surface area (Å²) in [4.78, 5) is 6.74. The molecule has 1 aromatic carbocycles. The summed E-state index contributed by atoms with van der Waals surface area (Å²) in [6, 6.07) is 10.8. The van der Waals surface area contributed by atoms with E-state index in [4.69, 9.17) is 5.73 Å². The van der Waals surface area contributed by atoms with Crippen molar-refractivity contribution >= 4 is 0 Å². The number of aryl methyl sites for hydroxylation is 3. The minimum atomic E-state index is 0.254. The summed E-state index contributed by atoms with van der Waals surface area (Å²) in [5.41, 5.74) is 12.6. The molecule has 1 unspecified atom stereocenters. The molecule has 0 saturated carbocycles. The predicted molar refractivity (Wildman–Crippen MR) is 93.0 cm³/mol. The summed E-state index contributed by atoms with van der Waals surface area (Å²) in [7, 11) is 2.15. The molecule has 0 aliphatic rings. The highest BCUT2D eigenvalue weighted by molar-refractivity contribution is 5.39. The molecule has 1 atom stereocenters. The van der Waals surface area contributed by atoms with Gasteiger partial charge in [-0.05, 0) is 56.6 Å². The van der Waals surface area contributed by atoms with E-state index in [-0.39, 0.29) is 6.04 Å². The average Bonchev–Trinajstić information content (AvgIpc) is 2.49. The highest BCUT2D eigenvalue weighted by Gasteiger charge is 2.19. The molecule has 1 heterocycles. The number of rotatable bonds is 6. The van der Waals surface area contributed by atoms with Crippen LogP contribution in [0.4, 0.5) is 0 Å². The number of nitrogens with two attached hydrogens (primary N) is 1. The third-order valence-electron chi connectivity index (χ3n) is 4.27. The van der Waals surface area contributed by atoms with E-state index in [1.165, 1.54) is 22.3 Å². The lowest BCUT2D eigenvalue weighted by molar-refractivity contribution is 0.251. The van der Waals surface area contributed by atoms with Gasteiger partial charge in [-0.3, -0.25) is 9.88 Å². The maximum absolute atomic E-state index is 6.09. The van der Waals surface area contributed by atoms with Gasteiger partial charge in [-0.1, -0.05) is 23.8 Å². The SMILES string of the molecule is Cc1cc(C)c(C(CN)N(C)CCc2ccccn2)c(C)c1. The molecule has 3 heteroatoms.